The van der Waals surface area contributed by atoms with Gasteiger partial charge in [-0.3, -0.25) is 4.90 Å². The molecule has 9 heteroatoms. The molecule has 0 aliphatic carbocycles. The molecule has 0 saturated carbocycles. The van der Waals surface area contributed by atoms with Crippen LogP contribution in [-0.4, -0.2) is 34.3 Å². The molecule has 0 spiro atoms. The second-order valence-corrected chi connectivity index (χ2v) is 6.98. The third kappa shape index (κ3) is 3.32. The Morgan fingerprint density at radius 2 is 2.31 bits per heavy atom. The summed E-state index contributed by atoms with van der Waals surface area (Å²) in [5, 5.41) is 20.6. The summed E-state index contributed by atoms with van der Waals surface area (Å²) < 4.78 is 6.26. The summed E-state index contributed by atoms with van der Waals surface area (Å²) in [7, 11) is 1.81. The predicted molar refractivity (Wildman–Crippen MR) is 98.0 cm³/mol. The summed E-state index contributed by atoms with van der Waals surface area (Å²) in [5.74, 6) is 1.26. The number of fused-ring (bicyclic) bond motifs is 1. The van der Waals surface area contributed by atoms with Crippen LogP contribution in [0, 0.1) is 18.3 Å². The zero-order valence-electron chi connectivity index (χ0n) is 14.5. The normalized spacial score (nSPS) is 11.9. The molecule has 0 aliphatic rings. The van der Waals surface area contributed by atoms with E-state index in [9.17, 15) is 10.1 Å². The molecule has 1 amide bonds. The van der Waals surface area contributed by atoms with E-state index in [4.69, 9.17) is 9.52 Å². The number of anilines is 2. The highest BCUT2D eigenvalue weighted by Crippen LogP contribution is 2.37. The van der Waals surface area contributed by atoms with Gasteiger partial charge >= 0.3 is 6.09 Å². The summed E-state index contributed by atoms with van der Waals surface area (Å²) in [6.07, 6.45) is 1.05. The molecule has 3 aromatic heterocycles. The first-order valence-electron chi connectivity index (χ1n) is 7.87. The van der Waals surface area contributed by atoms with Gasteiger partial charge in [0, 0.05) is 30.5 Å². The van der Waals surface area contributed by atoms with Crippen LogP contribution in [0.25, 0.3) is 10.2 Å². The number of hydrogen-bond donors (Lipinski definition) is 2. The molecule has 8 nitrogen and oxygen atoms in total. The Bertz CT molecular complexity index is 990. The van der Waals surface area contributed by atoms with Gasteiger partial charge in [0.05, 0.1) is 16.5 Å². The molecule has 0 unspecified atom stereocenters. The summed E-state index contributed by atoms with van der Waals surface area (Å²) in [5.41, 5.74) is 1.63. The minimum absolute atomic E-state index is 0.0788. The first kappa shape index (κ1) is 17.7. The van der Waals surface area contributed by atoms with Gasteiger partial charge < -0.3 is 14.8 Å². The Morgan fingerprint density at radius 1 is 1.54 bits per heavy atom. The fourth-order valence-corrected chi connectivity index (χ4v) is 4.09. The van der Waals surface area contributed by atoms with Gasteiger partial charge in [0.1, 0.15) is 6.07 Å². The van der Waals surface area contributed by atoms with Crippen molar-refractivity contribution in [1.29, 1.82) is 5.26 Å². The molecule has 0 fully saturated rings. The van der Waals surface area contributed by atoms with Crippen LogP contribution in [0.2, 0.25) is 0 Å². The zero-order chi connectivity index (χ0) is 18.8. The number of carbonyl (C=O) groups is 1. The summed E-state index contributed by atoms with van der Waals surface area (Å²) in [6.45, 7) is 3.73. The largest absolute Gasteiger partial charge is 0.465 e. The van der Waals surface area contributed by atoms with E-state index < -0.39 is 6.09 Å². The lowest BCUT2D eigenvalue weighted by Crippen LogP contribution is -2.32. The molecule has 0 aliphatic heterocycles. The molecule has 3 rings (SSSR count). The van der Waals surface area contributed by atoms with E-state index >= 15 is 0 Å². The molecule has 3 aromatic rings. The molecule has 134 valence electrons. The quantitative estimate of drug-likeness (QED) is 0.706. The number of thiophene rings is 1. The minimum Gasteiger partial charge on any atom is -0.465 e. The van der Waals surface area contributed by atoms with E-state index in [0.717, 1.165) is 15.1 Å². The van der Waals surface area contributed by atoms with Crippen molar-refractivity contribution in [2.24, 2.45) is 0 Å². The van der Waals surface area contributed by atoms with Crippen molar-refractivity contribution in [1.82, 2.24) is 15.3 Å². The fourth-order valence-electron chi connectivity index (χ4n) is 2.70. The third-order valence-electron chi connectivity index (χ3n) is 3.96. The number of amides is 1. The predicted octanol–water partition coefficient (Wildman–Crippen LogP) is 3.43. The number of nitrogens with one attached hydrogen (secondary N) is 1. The summed E-state index contributed by atoms with van der Waals surface area (Å²) in [4.78, 5) is 22.3. The van der Waals surface area contributed by atoms with Crippen LogP contribution in [0.3, 0.4) is 0 Å². The SMILES string of the molecule is Cc1c(C[C@H](C)NC(=O)O)sc2c(N(C)c3ccco3)nc(C#N)nc12. The Hall–Kier alpha value is -3.12. The van der Waals surface area contributed by atoms with Crippen molar-refractivity contribution >= 4 is 39.3 Å². The standard InChI is InChI=1S/C17H17N5O3S/c1-9(19-17(23)24)7-11-10(2)14-15(26-11)16(21-12(8-18)20-14)22(3)13-5-4-6-25-13/h4-6,9,19H,7H2,1-3H3,(H,23,24)/t9-/m0/s1. The maximum absolute atomic E-state index is 10.8. The first-order chi connectivity index (χ1) is 12.4. The number of aromatic nitrogens is 2. The maximum atomic E-state index is 10.8. The van der Waals surface area contributed by atoms with Crippen molar-refractivity contribution in [3.8, 4) is 6.07 Å². The highest BCUT2D eigenvalue weighted by atomic mass is 32.1. The highest BCUT2D eigenvalue weighted by molar-refractivity contribution is 7.19. The van der Waals surface area contributed by atoms with Gasteiger partial charge in [-0.05, 0) is 25.5 Å². The number of aryl methyl sites for hydroxylation is 1. The lowest BCUT2D eigenvalue weighted by atomic mass is 10.1. The van der Waals surface area contributed by atoms with Crippen molar-refractivity contribution < 1.29 is 14.3 Å². The smallest absolute Gasteiger partial charge is 0.404 e. The van der Waals surface area contributed by atoms with E-state index in [1.807, 2.05) is 20.0 Å². The van der Waals surface area contributed by atoms with E-state index in [0.29, 0.717) is 23.6 Å². The van der Waals surface area contributed by atoms with Crippen molar-refractivity contribution in [2.45, 2.75) is 26.3 Å². The monoisotopic (exact) mass is 371 g/mol. The molecular formula is C17H17N5O3S. The topological polar surface area (TPSA) is 115 Å². The summed E-state index contributed by atoms with van der Waals surface area (Å²) >= 11 is 1.50. The van der Waals surface area contributed by atoms with E-state index in [2.05, 4.69) is 15.3 Å². The number of hydrogen-bond acceptors (Lipinski definition) is 7. The van der Waals surface area contributed by atoms with Gasteiger partial charge in [0.25, 0.3) is 0 Å². The van der Waals surface area contributed by atoms with E-state index in [1.165, 1.54) is 11.3 Å². The van der Waals surface area contributed by atoms with Crippen molar-refractivity contribution in [2.75, 3.05) is 11.9 Å². The molecular weight excluding hydrogens is 354 g/mol. The fraction of sp³-hybridized carbons (Fsp3) is 0.294. The van der Waals surface area contributed by atoms with Crippen LogP contribution >= 0.6 is 11.3 Å². The number of carboxylic acid groups (broad SMARTS) is 1. The molecule has 2 N–H and O–H groups in total. The average Bonchev–Trinajstić information content (AvgIpc) is 3.22. The van der Waals surface area contributed by atoms with Crippen LogP contribution in [0.15, 0.2) is 22.8 Å². The number of nitrogens with zero attached hydrogens (tertiary/aromatic N) is 4. The zero-order valence-corrected chi connectivity index (χ0v) is 15.3. The minimum atomic E-state index is -1.05. The van der Waals surface area contributed by atoms with Crippen LogP contribution in [0.1, 0.15) is 23.2 Å². The first-order valence-corrected chi connectivity index (χ1v) is 8.69. The van der Waals surface area contributed by atoms with Crippen LogP contribution in [0.5, 0.6) is 0 Å². The van der Waals surface area contributed by atoms with Crippen LogP contribution < -0.4 is 10.2 Å². The average molecular weight is 371 g/mol. The van der Waals surface area contributed by atoms with Crippen molar-refractivity contribution in [3.05, 3.63) is 34.7 Å². The molecule has 0 radical (unpaired) electrons. The maximum Gasteiger partial charge on any atom is 0.404 e. The Kier molecular flexibility index (Phi) is 4.77. The van der Waals surface area contributed by atoms with Gasteiger partial charge in [-0.2, -0.15) is 10.2 Å². The Morgan fingerprint density at radius 3 is 2.92 bits per heavy atom. The lowest BCUT2D eigenvalue weighted by molar-refractivity contribution is 0.191. The molecule has 1 atom stereocenters. The lowest BCUT2D eigenvalue weighted by Gasteiger charge is -2.15. The van der Waals surface area contributed by atoms with Crippen LogP contribution in [-0.2, 0) is 6.42 Å². The second kappa shape index (κ2) is 7.01. The number of rotatable bonds is 5. The van der Waals surface area contributed by atoms with Gasteiger partial charge in [0.2, 0.25) is 11.7 Å². The third-order valence-corrected chi connectivity index (χ3v) is 5.26. The van der Waals surface area contributed by atoms with Gasteiger partial charge in [-0.25, -0.2) is 9.78 Å². The van der Waals surface area contributed by atoms with Gasteiger partial charge in [-0.15, -0.1) is 11.3 Å². The Labute approximate surface area is 153 Å². The molecule has 26 heavy (non-hydrogen) atoms. The number of furan rings is 1. The number of nitriles is 1. The van der Waals surface area contributed by atoms with Crippen molar-refractivity contribution in [3.63, 3.8) is 0 Å². The second-order valence-electron chi connectivity index (χ2n) is 5.88. The molecule has 0 aromatic carbocycles. The molecule has 3 heterocycles. The molecule has 0 saturated heterocycles. The van der Waals surface area contributed by atoms with E-state index in [1.54, 1.807) is 30.2 Å². The van der Waals surface area contributed by atoms with Crippen LogP contribution in [0.4, 0.5) is 16.5 Å². The summed E-state index contributed by atoms with van der Waals surface area (Å²) in [6, 6.07) is 5.34. The van der Waals surface area contributed by atoms with E-state index in [-0.39, 0.29) is 11.9 Å². The Balaban J connectivity index is 2.09. The van der Waals surface area contributed by atoms with Gasteiger partial charge in [0.15, 0.2) is 5.82 Å². The highest BCUT2D eigenvalue weighted by Gasteiger charge is 2.21. The molecule has 0 bridgehead atoms. The van der Waals surface area contributed by atoms with Gasteiger partial charge in [-0.1, -0.05) is 0 Å².